The zero-order chi connectivity index (χ0) is 20.3. The van der Waals surface area contributed by atoms with Gasteiger partial charge in [0.05, 0.1) is 16.2 Å². The number of benzene rings is 2. The highest BCUT2D eigenvalue weighted by Gasteiger charge is 2.20. The summed E-state index contributed by atoms with van der Waals surface area (Å²) < 4.78 is 26.0. The fourth-order valence-electron chi connectivity index (χ4n) is 2.58. The molecule has 0 saturated heterocycles. The molecule has 7 nitrogen and oxygen atoms in total. The molecule has 1 aromatic heterocycles. The molecule has 2 aromatic carbocycles. The molecule has 0 unspecified atom stereocenters. The molecule has 0 saturated carbocycles. The number of amides is 1. The van der Waals surface area contributed by atoms with Crippen molar-refractivity contribution in [2.45, 2.75) is 16.8 Å². The third kappa shape index (κ3) is 4.32. The first kappa shape index (κ1) is 20.2. The summed E-state index contributed by atoms with van der Waals surface area (Å²) >= 11 is 1.31. The van der Waals surface area contributed by atoms with Gasteiger partial charge in [0, 0.05) is 25.2 Å². The minimum Gasteiger partial charge on any atom is -0.325 e. The van der Waals surface area contributed by atoms with Crippen LogP contribution in [0.25, 0.3) is 10.9 Å². The molecule has 0 aliphatic rings. The van der Waals surface area contributed by atoms with Gasteiger partial charge in [0.2, 0.25) is 15.9 Å². The third-order valence-corrected chi connectivity index (χ3v) is 7.04. The maximum absolute atomic E-state index is 12.4. The van der Waals surface area contributed by atoms with E-state index in [9.17, 15) is 13.2 Å². The third-order valence-electron chi connectivity index (χ3n) is 4.08. The van der Waals surface area contributed by atoms with Crippen molar-refractivity contribution in [3.05, 3.63) is 54.4 Å². The van der Waals surface area contributed by atoms with Gasteiger partial charge in [-0.05, 0) is 30.7 Å². The number of fused-ring (bicyclic) bond motifs is 1. The Morgan fingerprint density at radius 2 is 1.89 bits per heavy atom. The molecule has 1 N–H and O–H groups in total. The standard InChI is InChI=1S/C19H20N4O3S2/c1-13-8-9-14(10-17(13)28(25,26)23(2)3)22-18(24)11-27-19-15-6-4-5-7-16(15)20-12-21-19/h4-10,12H,11H2,1-3H3,(H,22,24). The maximum Gasteiger partial charge on any atom is 0.242 e. The van der Waals surface area contributed by atoms with Gasteiger partial charge in [0.25, 0.3) is 0 Å². The second-order valence-corrected chi connectivity index (χ2v) is 9.38. The van der Waals surface area contributed by atoms with Crippen molar-refractivity contribution in [1.29, 1.82) is 0 Å². The van der Waals surface area contributed by atoms with Crippen LogP contribution in [0.4, 0.5) is 5.69 Å². The minimum atomic E-state index is -3.59. The molecule has 1 amide bonds. The lowest BCUT2D eigenvalue weighted by Gasteiger charge is -2.15. The first-order chi connectivity index (χ1) is 13.3. The van der Waals surface area contributed by atoms with Gasteiger partial charge in [-0.2, -0.15) is 0 Å². The molecule has 0 aliphatic heterocycles. The number of nitrogens with one attached hydrogen (secondary N) is 1. The highest BCUT2D eigenvalue weighted by Crippen LogP contribution is 2.25. The number of carbonyl (C=O) groups is 1. The van der Waals surface area contributed by atoms with E-state index in [1.807, 2.05) is 24.3 Å². The fourth-order valence-corrected chi connectivity index (χ4v) is 4.51. The van der Waals surface area contributed by atoms with Crippen molar-refractivity contribution >= 4 is 44.3 Å². The number of hydrogen-bond acceptors (Lipinski definition) is 6. The SMILES string of the molecule is Cc1ccc(NC(=O)CSc2ncnc3ccccc23)cc1S(=O)(=O)N(C)C. The lowest BCUT2D eigenvalue weighted by atomic mass is 10.2. The minimum absolute atomic E-state index is 0.143. The van der Waals surface area contributed by atoms with E-state index in [0.29, 0.717) is 11.3 Å². The van der Waals surface area contributed by atoms with Crippen LogP contribution in [0.3, 0.4) is 0 Å². The van der Waals surface area contributed by atoms with Gasteiger partial charge in [-0.1, -0.05) is 36.0 Å². The first-order valence-corrected chi connectivity index (χ1v) is 10.9. The average molecular weight is 417 g/mol. The molecule has 0 fully saturated rings. The Kier molecular flexibility index (Phi) is 5.97. The Bertz CT molecular complexity index is 1130. The van der Waals surface area contributed by atoms with Crippen LogP contribution >= 0.6 is 11.8 Å². The number of aryl methyl sites for hydroxylation is 1. The Balaban J connectivity index is 1.73. The summed E-state index contributed by atoms with van der Waals surface area (Å²) in [6, 6.07) is 12.4. The predicted molar refractivity (Wildman–Crippen MR) is 111 cm³/mol. The second kappa shape index (κ2) is 8.26. The number of aromatic nitrogens is 2. The van der Waals surface area contributed by atoms with E-state index < -0.39 is 10.0 Å². The first-order valence-electron chi connectivity index (χ1n) is 8.44. The normalized spacial score (nSPS) is 11.7. The number of para-hydroxylation sites is 1. The molecule has 0 spiro atoms. The Morgan fingerprint density at radius 1 is 1.14 bits per heavy atom. The van der Waals surface area contributed by atoms with Crippen molar-refractivity contribution < 1.29 is 13.2 Å². The van der Waals surface area contributed by atoms with Gasteiger partial charge in [-0.3, -0.25) is 4.79 Å². The predicted octanol–water partition coefficient (Wildman–Crippen LogP) is 2.92. The molecule has 3 aromatic rings. The summed E-state index contributed by atoms with van der Waals surface area (Å²) in [5, 5.41) is 4.36. The molecule has 146 valence electrons. The average Bonchev–Trinajstić information content (AvgIpc) is 2.67. The van der Waals surface area contributed by atoms with E-state index in [4.69, 9.17) is 0 Å². The zero-order valence-electron chi connectivity index (χ0n) is 15.7. The van der Waals surface area contributed by atoms with Gasteiger partial charge >= 0.3 is 0 Å². The smallest absolute Gasteiger partial charge is 0.242 e. The number of thioether (sulfide) groups is 1. The van der Waals surface area contributed by atoms with Crippen LogP contribution < -0.4 is 5.32 Å². The van der Waals surface area contributed by atoms with Crippen LogP contribution in [0.1, 0.15) is 5.56 Å². The van der Waals surface area contributed by atoms with E-state index in [2.05, 4.69) is 15.3 Å². The van der Waals surface area contributed by atoms with Crippen LogP contribution in [0.2, 0.25) is 0 Å². The van der Waals surface area contributed by atoms with Crippen LogP contribution in [-0.2, 0) is 14.8 Å². The number of rotatable bonds is 6. The molecule has 0 radical (unpaired) electrons. The Labute approximate surface area is 168 Å². The highest BCUT2D eigenvalue weighted by atomic mass is 32.2. The van der Waals surface area contributed by atoms with Gasteiger partial charge in [-0.25, -0.2) is 22.7 Å². The monoisotopic (exact) mass is 416 g/mol. The van der Waals surface area contributed by atoms with Crippen molar-refractivity contribution in [2.24, 2.45) is 0 Å². The summed E-state index contributed by atoms with van der Waals surface area (Å²) in [6.45, 7) is 1.72. The number of sulfonamides is 1. The topological polar surface area (TPSA) is 92.3 Å². The van der Waals surface area contributed by atoms with Crippen molar-refractivity contribution in [2.75, 3.05) is 25.2 Å². The summed E-state index contributed by atoms with van der Waals surface area (Å²) in [4.78, 5) is 21.0. The van der Waals surface area contributed by atoms with Crippen molar-refractivity contribution in [1.82, 2.24) is 14.3 Å². The molecule has 0 atom stereocenters. The number of carbonyl (C=O) groups excluding carboxylic acids is 1. The molecule has 0 aliphatic carbocycles. The van der Waals surface area contributed by atoms with Gasteiger partial charge in [0.15, 0.2) is 0 Å². The molecule has 28 heavy (non-hydrogen) atoms. The quantitative estimate of drug-likeness (QED) is 0.491. The summed E-state index contributed by atoms with van der Waals surface area (Å²) in [5.74, 6) is -0.102. The number of nitrogens with zero attached hydrogens (tertiary/aromatic N) is 3. The van der Waals surface area contributed by atoms with E-state index in [1.165, 1.54) is 38.3 Å². The molecule has 3 rings (SSSR count). The van der Waals surface area contributed by atoms with Gasteiger partial charge in [0.1, 0.15) is 11.4 Å². The molecular formula is C19H20N4O3S2. The molecule has 9 heteroatoms. The fraction of sp³-hybridized carbons (Fsp3) is 0.211. The second-order valence-electron chi connectivity index (χ2n) is 6.30. The summed E-state index contributed by atoms with van der Waals surface area (Å²) in [5.41, 5.74) is 1.87. The van der Waals surface area contributed by atoms with Crippen LogP contribution in [0, 0.1) is 6.92 Å². The summed E-state index contributed by atoms with van der Waals surface area (Å²) in [7, 11) is -0.636. The van der Waals surface area contributed by atoms with E-state index in [0.717, 1.165) is 20.2 Å². The van der Waals surface area contributed by atoms with E-state index in [-0.39, 0.29) is 16.6 Å². The number of anilines is 1. The zero-order valence-corrected chi connectivity index (χ0v) is 17.3. The number of hydrogen-bond donors (Lipinski definition) is 1. The highest BCUT2D eigenvalue weighted by molar-refractivity contribution is 8.00. The Morgan fingerprint density at radius 3 is 2.64 bits per heavy atom. The summed E-state index contributed by atoms with van der Waals surface area (Å²) in [6.07, 6.45) is 1.47. The van der Waals surface area contributed by atoms with Gasteiger partial charge < -0.3 is 5.32 Å². The lowest BCUT2D eigenvalue weighted by molar-refractivity contribution is -0.113. The largest absolute Gasteiger partial charge is 0.325 e. The van der Waals surface area contributed by atoms with E-state index >= 15 is 0 Å². The molecule has 0 bridgehead atoms. The van der Waals surface area contributed by atoms with Crippen molar-refractivity contribution in [3.63, 3.8) is 0 Å². The van der Waals surface area contributed by atoms with Crippen LogP contribution in [0.15, 0.2) is 58.7 Å². The Hall–Kier alpha value is -2.49. The van der Waals surface area contributed by atoms with Crippen LogP contribution in [0.5, 0.6) is 0 Å². The van der Waals surface area contributed by atoms with Gasteiger partial charge in [-0.15, -0.1) is 0 Å². The van der Waals surface area contributed by atoms with Crippen LogP contribution in [-0.4, -0.2) is 48.4 Å². The van der Waals surface area contributed by atoms with Crippen molar-refractivity contribution in [3.8, 4) is 0 Å². The maximum atomic E-state index is 12.4. The lowest BCUT2D eigenvalue weighted by Crippen LogP contribution is -2.23. The molecular weight excluding hydrogens is 396 g/mol. The molecule has 1 heterocycles. The van der Waals surface area contributed by atoms with E-state index in [1.54, 1.807) is 19.1 Å².